The highest BCUT2D eigenvalue weighted by Gasteiger charge is 2.24. The summed E-state index contributed by atoms with van der Waals surface area (Å²) in [5, 5.41) is 7.15. The summed E-state index contributed by atoms with van der Waals surface area (Å²) in [5.41, 5.74) is 4.84. The molecule has 0 unspecified atom stereocenters. The molecule has 0 spiro atoms. The van der Waals surface area contributed by atoms with E-state index in [0.717, 1.165) is 28.7 Å². The second kappa shape index (κ2) is 9.72. The van der Waals surface area contributed by atoms with Gasteiger partial charge in [0.1, 0.15) is 17.2 Å². The molecule has 1 heterocycles. The van der Waals surface area contributed by atoms with Gasteiger partial charge in [-0.15, -0.1) is 0 Å². The Morgan fingerprint density at radius 2 is 1.71 bits per heavy atom. The molecule has 174 valence electrons. The fourth-order valence-electron chi connectivity index (χ4n) is 4.95. The van der Waals surface area contributed by atoms with Gasteiger partial charge >= 0.3 is 0 Å². The zero-order chi connectivity index (χ0) is 23.5. The van der Waals surface area contributed by atoms with Crippen molar-refractivity contribution in [2.75, 3.05) is 18.9 Å². The van der Waals surface area contributed by atoms with Crippen LogP contribution in [-0.4, -0.2) is 19.5 Å². The number of anilines is 1. The number of amides is 1. The van der Waals surface area contributed by atoms with Crippen LogP contribution in [0, 0.1) is 11.7 Å². The van der Waals surface area contributed by atoms with Crippen LogP contribution in [-0.2, 0) is 0 Å². The molecule has 1 aliphatic rings. The van der Waals surface area contributed by atoms with Gasteiger partial charge in [0.05, 0.1) is 5.56 Å². The predicted octanol–water partition coefficient (Wildman–Crippen LogP) is 7.26. The van der Waals surface area contributed by atoms with Crippen LogP contribution in [0.4, 0.5) is 10.1 Å². The molecule has 5 rings (SSSR count). The Bertz CT molecular complexity index is 1290. The normalized spacial score (nSPS) is 14.3. The van der Waals surface area contributed by atoms with Gasteiger partial charge in [-0.1, -0.05) is 49.6 Å². The van der Waals surface area contributed by atoms with Crippen LogP contribution in [0.25, 0.3) is 33.4 Å². The molecule has 0 saturated heterocycles. The maximum atomic E-state index is 13.5. The van der Waals surface area contributed by atoms with Gasteiger partial charge in [-0.05, 0) is 54.7 Å². The van der Waals surface area contributed by atoms with Crippen molar-refractivity contribution in [1.82, 2.24) is 5.32 Å². The van der Waals surface area contributed by atoms with Crippen LogP contribution in [0.15, 0.2) is 71.1 Å². The number of hydrogen-bond acceptors (Lipinski definition) is 3. The second-order valence-corrected chi connectivity index (χ2v) is 9.04. The molecule has 0 radical (unpaired) electrons. The number of rotatable bonds is 6. The minimum Gasteiger partial charge on any atom is -0.455 e. The van der Waals surface area contributed by atoms with E-state index in [9.17, 15) is 9.18 Å². The van der Waals surface area contributed by atoms with Crippen LogP contribution >= 0.6 is 0 Å². The van der Waals surface area contributed by atoms with Gasteiger partial charge in [0, 0.05) is 41.9 Å². The smallest absolute Gasteiger partial charge is 0.255 e. The van der Waals surface area contributed by atoms with Crippen molar-refractivity contribution in [1.29, 1.82) is 0 Å². The van der Waals surface area contributed by atoms with E-state index in [2.05, 4.69) is 22.8 Å². The van der Waals surface area contributed by atoms with Crippen molar-refractivity contribution in [3.05, 3.63) is 78.1 Å². The maximum absolute atomic E-state index is 13.5. The first-order valence-corrected chi connectivity index (χ1v) is 12.0. The zero-order valence-corrected chi connectivity index (χ0v) is 19.4. The third kappa shape index (κ3) is 4.43. The summed E-state index contributed by atoms with van der Waals surface area (Å²) in [7, 11) is 1.60. The number of nitrogens with one attached hydrogen (secondary N) is 2. The number of halogens is 1. The molecule has 2 N–H and O–H groups in total. The first kappa shape index (κ1) is 22.2. The SMILES string of the molecule is CNC(=O)c1c(-c2ccc(F)cc2)oc2cc(NCC3CCCCC3)c(-c3ccccc3)cc12. The van der Waals surface area contributed by atoms with Crippen LogP contribution in [0.5, 0.6) is 0 Å². The minimum absolute atomic E-state index is 0.236. The van der Waals surface area contributed by atoms with Gasteiger partial charge < -0.3 is 15.1 Å². The van der Waals surface area contributed by atoms with Crippen molar-refractivity contribution in [3.63, 3.8) is 0 Å². The molecule has 1 aliphatic carbocycles. The highest BCUT2D eigenvalue weighted by atomic mass is 19.1. The van der Waals surface area contributed by atoms with Gasteiger partial charge in [-0.3, -0.25) is 4.79 Å². The average Bonchev–Trinajstić information content (AvgIpc) is 3.26. The van der Waals surface area contributed by atoms with Crippen LogP contribution in [0.1, 0.15) is 42.5 Å². The lowest BCUT2D eigenvalue weighted by molar-refractivity contribution is 0.0964. The summed E-state index contributed by atoms with van der Waals surface area (Å²) in [6.07, 6.45) is 6.44. The number of benzene rings is 3. The highest BCUT2D eigenvalue weighted by Crippen LogP contribution is 2.40. The second-order valence-electron chi connectivity index (χ2n) is 9.04. The molecule has 34 heavy (non-hydrogen) atoms. The predicted molar refractivity (Wildman–Crippen MR) is 135 cm³/mol. The zero-order valence-electron chi connectivity index (χ0n) is 19.4. The Balaban J connectivity index is 1.65. The van der Waals surface area contributed by atoms with Crippen molar-refractivity contribution < 1.29 is 13.6 Å². The number of hydrogen-bond donors (Lipinski definition) is 2. The third-order valence-corrected chi connectivity index (χ3v) is 6.78. The van der Waals surface area contributed by atoms with E-state index < -0.39 is 0 Å². The molecular weight excluding hydrogens is 427 g/mol. The number of furan rings is 1. The molecule has 0 aliphatic heterocycles. The van der Waals surface area contributed by atoms with Gasteiger partial charge in [0.15, 0.2) is 0 Å². The van der Waals surface area contributed by atoms with E-state index in [1.54, 1.807) is 19.2 Å². The number of carbonyl (C=O) groups excluding carboxylic acids is 1. The van der Waals surface area contributed by atoms with E-state index in [-0.39, 0.29) is 11.7 Å². The standard InChI is InChI=1S/C29H29FN2O2/c1-31-29(33)27-24-16-23(20-10-6-3-7-11-20)25(32-18-19-8-4-2-5-9-19)17-26(24)34-28(27)21-12-14-22(30)15-13-21/h3,6-7,10-17,19,32H,2,4-5,8-9,18H2,1H3,(H,31,33). The van der Waals surface area contributed by atoms with Crippen LogP contribution < -0.4 is 10.6 Å². The fourth-order valence-corrected chi connectivity index (χ4v) is 4.95. The summed E-state index contributed by atoms with van der Waals surface area (Å²) in [5.74, 6) is 0.542. The van der Waals surface area contributed by atoms with E-state index >= 15 is 0 Å². The Morgan fingerprint density at radius 3 is 2.41 bits per heavy atom. The summed E-state index contributed by atoms with van der Waals surface area (Å²) >= 11 is 0. The molecule has 4 aromatic rings. The van der Waals surface area contributed by atoms with Gasteiger partial charge in [-0.2, -0.15) is 0 Å². The number of fused-ring (bicyclic) bond motifs is 1. The Hall–Kier alpha value is -3.60. The van der Waals surface area contributed by atoms with Gasteiger partial charge in [0.2, 0.25) is 0 Å². The summed E-state index contributed by atoms with van der Waals surface area (Å²) < 4.78 is 19.8. The molecular formula is C29H29FN2O2. The van der Waals surface area contributed by atoms with Gasteiger partial charge in [-0.25, -0.2) is 4.39 Å². The molecule has 0 atom stereocenters. The van der Waals surface area contributed by atoms with Gasteiger partial charge in [0.25, 0.3) is 5.91 Å². The average molecular weight is 457 g/mol. The Labute approximate surface area is 199 Å². The molecule has 5 heteroatoms. The Morgan fingerprint density at radius 1 is 0.971 bits per heavy atom. The Kier molecular flexibility index (Phi) is 6.35. The lowest BCUT2D eigenvalue weighted by Gasteiger charge is -2.23. The topological polar surface area (TPSA) is 54.3 Å². The van der Waals surface area contributed by atoms with Crippen LogP contribution in [0.2, 0.25) is 0 Å². The van der Waals surface area contributed by atoms with E-state index in [1.807, 2.05) is 30.3 Å². The molecule has 1 fully saturated rings. The van der Waals surface area contributed by atoms with Crippen molar-refractivity contribution in [2.24, 2.45) is 5.92 Å². The summed E-state index contributed by atoms with van der Waals surface area (Å²) in [4.78, 5) is 13.0. The quantitative estimate of drug-likeness (QED) is 0.321. The fraction of sp³-hybridized carbons (Fsp3) is 0.276. The highest BCUT2D eigenvalue weighted by molar-refractivity contribution is 6.12. The minimum atomic E-state index is -0.332. The maximum Gasteiger partial charge on any atom is 0.255 e. The summed E-state index contributed by atoms with van der Waals surface area (Å²) in [6.45, 7) is 0.916. The largest absolute Gasteiger partial charge is 0.455 e. The molecule has 0 bridgehead atoms. The molecule has 3 aromatic carbocycles. The van der Waals surface area contributed by atoms with Crippen molar-refractivity contribution in [2.45, 2.75) is 32.1 Å². The third-order valence-electron chi connectivity index (χ3n) is 6.78. The summed E-state index contributed by atoms with van der Waals surface area (Å²) in [6, 6.07) is 20.3. The lowest BCUT2D eigenvalue weighted by atomic mass is 9.89. The monoisotopic (exact) mass is 456 g/mol. The van der Waals surface area contributed by atoms with Crippen molar-refractivity contribution >= 4 is 22.6 Å². The molecule has 1 aromatic heterocycles. The first-order chi connectivity index (χ1) is 16.6. The molecule has 4 nitrogen and oxygen atoms in total. The van der Waals surface area contributed by atoms with E-state index in [4.69, 9.17) is 4.42 Å². The van der Waals surface area contributed by atoms with E-state index in [1.165, 1.54) is 44.2 Å². The molecule has 1 saturated carbocycles. The first-order valence-electron chi connectivity index (χ1n) is 12.0. The number of carbonyl (C=O) groups is 1. The van der Waals surface area contributed by atoms with Crippen molar-refractivity contribution in [3.8, 4) is 22.5 Å². The van der Waals surface area contributed by atoms with E-state index in [0.29, 0.717) is 28.4 Å². The van der Waals surface area contributed by atoms with Crippen LogP contribution in [0.3, 0.4) is 0 Å². The lowest BCUT2D eigenvalue weighted by Crippen LogP contribution is -2.18. The molecule has 1 amide bonds.